The molecule has 16 nitrogen and oxygen atoms in total. The molecule has 452 valence electrons. The Labute approximate surface area is 501 Å². The zero-order chi connectivity index (χ0) is 60.7. The number of halogens is 3. The number of aryl methyl sites for hydroxylation is 2. The molecule has 8 rings (SSSR count). The third-order valence-electron chi connectivity index (χ3n) is 11.8. The van der Waals surface area contributed by atoms with Crippen molar-refractivity contribution in [1.82, 2.24) is 40.1 Å². The van der Waals surface area contributed by atoms with E-state index in [4.69, 9.17) is 27.1 Å². The summed E-state index contributed by atoms with van der Waals surface area (Å²) in [6.07, 6.45) is 25.8. The molecule has 0 radical (unpaired) electrons. The fraction of sp³-hybridized carbons (Fsp3) is 0.759. The number of aromatic nitrogens is 2. The average Bonchev–Trinajstić information content (AvgIpc) is 4.35. The summed E-state index contributed by atoms with van der Waals surface area (Å²) < 4.78 is 15.0. The zero-order valence-electron chi connectivity index (χ0n) is 52.1. The summed E-state index contributed by atoms with van der Waals surface area (Å²) in [4.78, 5) is 42.2. The molecule has 6 saturated heterocycles. The molecule has 6 aliphatic rings. The number of carbonyl (C=O) groups is 3. The molecule has 2 aromatic rings. The number of likely N-dealkylation sites (tertiary alicyclic amines) is 5. The molecule has 0 aliphatic carbocycles. The molecule has 0 saturated carbocycles. The molecular formula is C58H111I3N9O7-. The number of aldehydes is 1. The Morgan fingerprint density at radius 3 is 1.45 bits per heavy atom. The first-order valence-electron chi connectivity index (χ1n) is 28.3. The van der Waals surface area contributed by atoms with Gasteiger partial charge in [0.25, 0.3) is 0 Å². The summed E-state index contributed by atoms with van der Waals surface area (Å²) in [5, 5.41) is 21.1. The van der Waals surface area contributed by atoms with Crippen molar-refractivity contribution in [2.45, 2.75) is 217 Å². The molecule has 77 heavy (non-hydrogen) atoms. The predicted octanol–water partition coefficient (Wildman–Crippen LogP) is 10.0. The maximum absolute atomic E-state index is 11.0. The van der Waals surface area contributed by atoms with E-state index in [2.05, 4.69) is 103 Å². The van der Waals surface area contributed by atoms with E-state index in [9.17, 15) is 14.4 Å². The van der Waals surface area contributed by atoms with E-state index in [-0.39, 0.29) is 30.0 Å². The molecule has 0 aromatic carbocycles. The number of oxime groups is 1. The van der Waals surface area contributed by atoms with Crippen LogP contribution >= 0.6 is 37.2 Å². The number of rotatable bonds is 4. The van der Waals surface area contributed by atoms with Crippen molar-refractivity contribution in [1.29, 1.82) is 0 Å². The summed E-state index contributed by atoms with van der Waals surface area (Å²) in [6, 6.07) is 5.63. The van der Waals surface area contributed by atoms with E-state index in [1.807, 2.05) is 128 Å². The normalized spacial score (nSPS) is 21.5. The SMILES string of the molecule is C#CC1CCC(=O)N1C.C#CC1CCCN1C.C/C=N/O.CC.CC.CC.CC.CC.CC.CN1CCCC1C=O.COC(=O)C1CCCN1C.Cc1cc(C2CCCN2)on1.Cc1cc(C2CCCN2C)on1.I[I-]I. The molecule has 6 aliphatic heterocycles. The standard InChI is InChI=1S/C9H14N2O.C8H12N2O.C7H13NO2.C7H9NO.C7H11N.C6H11NO.C2H5NO.6C2H6.I3/c1-7-6-9(12-10-7)8-4-3-5-11(8)2;1-6-5-8(11-10-6)7-3-2-4-9-7;1-8-5-3-4-6(8)7(9)10-2;1-3-6-4-5-7(9)8(6)2;1-3-7-5-4-6-8(7)2;1-7-4-2-3-6(7)5-8;1-2-3-4;6*1-2;1-3-2/h6,8H,3-5H2,1-2H3;5,7,9H,2-4H2,1H3;6H,3-5H2,1-2H3;1,6H,4-5H2,2H3;1,7H,4-6H2,2H3;5-6H,2-4H2,1H3;2,4H,1H3;6*1-2H3;/q;;;;;;;;;;;;;-1/b;;;;;;3-2+;;;;;;;. The van der Waals surface area contributed by atoms with Crippen LogP contribution in [-0.2, 0) is 19.1 Å². The van der Waals surface area contributed by atoms with Crippen molar-refractivity contribution in [3.05, 3.63) is 35.0 Å². The van der Waals surface area contributed by atoms with Gasteiger partial charge in [0.15, 0.2) is 11.5 Å². The van der Waals surface area contributed by atoms with Gasteiger partial charge in [-0.15, -0.1) is 18.0 Å². The fourth-order valence-electron chi connectivity index (χ4n) is 7.86. The van der Waals surface area contributed by atoms with Crippen molar-refractivity contribution in [2.24, 2.45) is 5.16 Å². The quantitative estimate of drug-likeness (QED) is 0.0563. The van der Waals surface area contributed by atoms with Gasteiger partial charge in [0.1, 0.15) is 12.3 Å². The van der Waals surface area contributed by atoms with E-state index >= 15 is 0 Å². The van der Waals surface area contributed by atoms with Gasteiger partial charge < -0.3 is 34.0 Å². The maximum atomic E-state index is 11.0. The van der Waals surface area contributed by atoms with Crippen LogP contribution in [0.1, 0.15) is 202 Å². The number of carbonyl (C=O) groups excluding carboxylic acids is 3. The first-order valence-corrected chi connectivity index (χ1v) is 40.8. The second-order valence-corrected chi connectivity index (χ2v) is 32.7. The first-order chi connectivity index (χ1) is 37.2. The van der Waals surface area contributed by atoms with Gasteiger partial charge in [-0.2, -0.15) is 0 Å². The first kappa shape index (κ1) is 85.9. The molecule has 2 N–H and O–H groups in total. The molecule has 2 aromatic heterocycles. The Balaban J connectivity index is -0.000000185. The Bertz CT molecular complexity index is 1730. The second-order valence-electron chi connectivity index (χ2n) is 16.5. The van der Waals surface area contributed by atoms with Crippen LogP contribution in [0.3, 0.4) is 0 Å². The van der Waals surface area contributed by atoms with E-state index in [1.165, 1.54) is 71.4 Å². The Kier molecular flexibility index (Phi) is 68.3. The van der Waals surface area contributed by atoms with Crippen molar-refractivity contribution in [2.75, 3.05) is 75.1 Å². The van der Waals surface area contributed by atoms with Crippen molar-refractivity contribution in [3.63, 3.8) is 0 Å². The molecule has 6 fully saturated rings. The number of methoxy groups -OCH3 is 1. The number of likely N-dealkylation sites (N-methyl/N-ethyl adjacent to an activating group) is 2. The molecule has 8 heterocycles. The summed E-state index contributed by atoms with van der Waals surface area (Å²) in [5.74, 6) is 7.36. The molecule has 0 bridgehead atoms. The van der Waals surface area contributed by atoms with Crippen molar-refractivity contribution >= 4 is 61.6 Å². The molecule has 0 spiro atoms. The summed E-state index contributed by atoms with van der Waals surface area (Å²) >= 11 is 5.30. The Hall–Kier alpha value is -2.39. The number of ether oxygens (including phenoxy) is 1. The number of hydrogen-bond acceptors (Lipinski definition) is 15. The number of amides is 1. The van der Waals surface area contributed by atoms with Crippen LogP contribution in [0.5, 0.6) is 0 Å². The van der Waals surface area contributed by atoms with Crippen LogP contribution < -0.4 is 18.6 Å². The number of esters is 1. The van der Waals surface area contributed by atoms with Crippen LogP contribution in [0.2, 0.25) is 0 Å². The van der Waals surface area contributed by atoms with Gasteiger partial charge in [-0.1, -0.05) is 105 Å². The van der Waals surface area contributed by atoms with Crippen LogP contribution in [0.25, 0.3) is 0 Å². The van der Waals surface area contributed by atoms with E-state index in [0.717, 1.165) is 74.5 Å². The topological polar surface area (TPSA) is 173 Å². The Morgan fingerprint density at radius 1 is 0.727 bits per heavy atom. The van der Waals surface area contributed by atoms with Gasteiger partial charge in [-0.05, 0) is 152 Å². The van der Waals surface area contributed by atoms with Crippen LogP contribution in [-0.4, -0.2) is 164 Å². The van der Waals surface area contributed by atoms with Gasteiger partial charge in [0.2, 0.25) is 5.91 Å². The van der Waals surface area contributed by atoms with E-state index in [0.29, 0.717) is 37.8 Å². The van der Waals surface area contributed by atoms with Gasteiger partial charge in [-0.25, -0.2) is 0 Å². The van der Waals surface area contributed by atoms with Crippen molar-refractivity contribution in [3.8, 4) is 24.7 Å². The van der Waals surface area contributed by atoms with Gasteiger partial charge in [0, 0.05) is 31.8 Å². The third kappa shape index (κ3) is 40.4. The Morgan fingerprint density at radius 2 is 1.18 bits per heavy atom. The van der Waals surface area contributed by atoms with Crippen LogP contribution in [0.4, 0.5) is 0 Å². The molecular weight excluding hydrogens is 1320 g/mol. The van der Waals surface area contributed by atoms with Gasteiger partial charge >= 0.3 is 56.5 Å². The number of nitrogens with one attached hydrogen (secondary N) is 1. The van der Waals surface area contributed by atoms with Crippen LogP contribution in [0, 0.1) is 38.5 Å². The number of nitrogens with zero attached hydrogens (tertiary/aromatic N) is 8. The minimum atomic E-state index is -0.0972. The molecule has 6 unspecified atom stereocenters. The molecule has 1 amide bonds. The van der Waals surface area contributed by atoms with Gasteiger partial charge in [-0.3, -0.25) is 29.2 Å². The summed E-state index contributed by atoms with van der Waals surface area (Å²) in [7, 11) is 11.3. The van der Waals surface area contributed by atoms with Gasteiger partial charge in [0.05, 0.1) is 48.7 Å². The molecule has 6 atom stereocenters. The monoisotopic (exact) mass is 1430 g/mol. The number of hydrogen-bond donors (Lipinski definition) is 2. The third-order valence-corrected chi connectivity index (χ3v) is 11.8. The molecule has 19 heteroatoms. The van der Waals surface area contributed by atoms with Crippen LogP contribution in [0.15, 0.2) is 26.3 Å². The average molecular weight is 1430 g/mol. The second kappa shape index (κ2) is 61.2. The minimum absolute atomic E-state index is 0.0185. The van der Waals surface area contributed by atoms with E-state index < -0.39 is 0 Å². The fourth-order valence-corrected chi connectivity index (χ4v) is 7.86. The zero-order valence-corrected chi connectivity index (χ0v) is 58.5. The predicted molar refractivity (Wildman–Crippen MR) is 338 cm³/mol. The number of terminal acetylenes is 2. The van der Waals surface area contributed by atoms with E-state index in [1.54, 1.807) is 18.9 Å². The van der Waals surface area contributed by atoms with Crippen molar-refractivity contribution < 1.29 is 46.6 Å². The summed E-state index contributed by atoms with van der Waals surface area (Å²) in [5.41, 5.74) is 1.94. The summed E-state index contributed by atoms with van der Waals surface area (Å²) in [6.45, 7) is 35.1.